The van der Waals surface area contributed by atoms with Gasteiger partial charge in [0.05, 0.1) is 12.7 Å². The molecule has 0 bridgehead atoms. The summed E-state index contributed by atoms with van der Waals surface area (Å²) in [5, 5.41) is 17.5. The maximum atomic E-state index is 8.99. The number of hydrogen-bond acceptors (Lipinski definition) is 4. The summed E-state index contributed by atoms with van der Waals surface area (Å²) in [5.74, 6) is 5.51. The number of rotatable bonds is 4. The maximum absolute atomic E-state index is 8.99. The summed E-state index contributed by atoms with van der Waals surface area (Å²) in [6, 6.07) is 0. The topological polar surface area (TPSA) is 58.9 Å². The van der Waals surface area contributed by atoms with Crippen molar-refractivity contribution < 1.29 is 19.7 Å². The molecule has 0 aliphatic carbocycles. The second-order valence-electron chi connectivity index (χ2n) is 3.50. The van der Waals surface area contributed by atoms with Crippen LogP contribution < -0.4 is 0 Å². The summed E-state index contributed by atoms with van der Waals surface area (Å²) in [6.07, 6.45) is 2.60. The molecule has 0 aromatic heterocycles. The average Bonchev–Trinajstić information content (AvgIpc) is 2.29. The molecule has 4 nitrogen and oxygen atoms in total. The lowest BCUT2D eigenvalue weighted by molar-refractivity contribution is -0.154. The van der Waals surface area contributed by atoms with Crippen LogP contribution in [0.3, 0.4) is 0 Å². The van der Waals surface area contributed by atoms with Crippen LogP contribution in [-0.2, 0) is 9.47 Å². The minimum Gasteiger partial charge on any atom is -0.394 e. The Labute approximate surface area is 90.2 Å². The van der Waals surface area contributed by atoms with Gasteiger partial charge in [0.15, 0.2) is 6.29 Å². The molecule has 15 heavy (non-hydrogen) atoms. The maximum Gasteiger partial charge on any atom is 0.158 e. The Morgan fingerprint density at radius 3 is 2.93 bits per heavy atom. The van der Waals surface area contributed by atoms with Crippen molar-refractivity contribution >= 4 is 0 Å². The number of aliphatic hydroxyl groups is 2. The zero-order valence-corrected chi connectivity index (χ0v) is 8.82. The highest BCUT2D eigenvalue weighted by Crippen LogP contribution is 2.12. The number of hydrogen-bond donors (Lipinski definition) is 2. The largest absolute Gasteiger partial charge is 0.394 e. The van der Waals surface area contributed by atoms with E-state index in [1.807, 2.05) is 0 Å². The van der Waals surface area contributed by atoms with Crippen molar-refractivity contribution in [3.63, 3.8) is 0 Å². The van der Waals surface area contributed by atoms with Gasteiger partial charge in [-0.2, -0.15) is 0 Å². The van der Waals surface area contributed by atoms with Gasteiger partial charge in [0, 0.05) is 13.0 Å². The molecular weight excluding hydrogens is 196 g/mol. The summed E-state index contributed by atoms with van der Waals surface area (Å²) in [7, 11) is 0. The lowest BCUT2D eigenvalue weighted by Gasteiger charge is -2.21. The quantitative estimate of drug-likeness (QED) is 0.660. The first-order valence-electron chi connectivity index (χ1n) is 5.31. The van der Waals surface area contributed by atoms with E-state index in [4.69, 9.17) is 19.7 Å². The summed E-state index contributed by atoms with van der Waals surface area (Å²) < 4.78 is 10.7. The van der Waals surface area contributed by atoms with E-state index >= 15 is 0 Å². The van der Waals surface area contributed by atoms with Gasteiger partial charge in [-0.25, -0.2) is 0 Å². The summed E-state index contributed by atoms with van der Waals surface area (Å²) in [6.45, 7) is 0.839. The zero-order chi connectivity index (χ0) is 10.9. The van der Waals surface area contributed by atoms with Crippen LogP contribution in [0.1, 0.15) is 25.7 Å². The van der Waals surface area contributed by atoms with Crippen molar-refractivity contribution in [2.24, 2.45) is 0 Å². The normalized spacial score (nSPS) is 22.9. The molecule has 1 aliphatic heterocycles. The van der Waals surface area contributed by atoms with E-state index in [0.717, 1.165) is 25.9 Å². The van der Waals surface area contributed by atoms with Crippen LogP contribution >= 0.6 is 0 Å². The monoisotopic (exact) mass is 214 g/mol. The lowest BCUT2D eigenvalue weighted by atomic mass is 10.2. The zero-order valence-electron chi connectivity index (χ0n) is 8.82. The van der Waals surface area contributed by atoms with Crippen LogP contribution in [0.15, 0.2) is 0 Å². The van der Waals surface area contributed by atoms with Crippen LogP contribution in [0.5, 0.6) is 0 Å². The molecular formula is C11H18O4. The summed E-state index contributed by atoms with van der Waals surface area (Å²) in [4.78, 5) is 0. The third-order valence-corrected chi connectivity index (χ3v) is 2.15. The van der Waals surface area contributed by atoms with Gasteiger partial charge < -0.3 is 19.7 Å². The van der Waals surface area contributed by atoms with Crippen LogP contribution in [0.2, 0.25) is 0 Å². The minimum atomic E-state index is -0.747. The van der Waals surface area contributed by atoms with E-state index in [9.17, 15) is 0 Å². The Bertz CT molecular complexity index is 212. The fourth-order valence-electron chi connectivity index (χ4n) is 1.28. The molecule has 1 heterocycles. The van der Waals surface area contributed by atoms with E-state index in [0.29, 0.717) is 6.61 Å². The summed E-state index contributed by atoms with van der Waals surface area (Å²) >= 11 is 0. The predicted octanol–water partition coefficient (Wildman–Crippen LogP) is 0.276. The van der Waals surface area contributed by atoms with Gasteiger partial charge in [0.2, 0.25) is 0 Å². The molecule has 1 fully saturated rings. The third kappa shape index (κ3) is 5.75. The molecule has 1 aliphatic rings. The van der Waals surface area contributed by atoms with Crippen LogP contribution in [-0.4, -0.2) is 42.4 Å². The van der Waals surface area contributed by atoms with Gasteiger partial charge in [-0.1, -0.05) is 11.8 Å². The SMILES string of the molecule is OC[C@H](O)CC#CCOC1CCCCO1. The molecule has 0 aromatic rings. The van der Waals surface area contributed by atoms with Crippen molar-refractivity contribution in [2.45, 2.75) is 38.1 Å². The van der Waals surface area contributed by atoms with E-state index in [1.165, 1.54) is 0 Å². The van der Waals surface area contributed by atoms with Crippen molar-refractivity contribution in [1.82, 2.24) is 0 Å². The minimum absolute atomic E-state index is 0.115. The van der Waals surface area contributed by atoms with Gasteiger partial charge in [0.25, 0.3) is 0 Å². The van der Waals surface area contributed by atoms with Crippen molar-refractivity contribution in [3.05, 3.63) is 0 Å². The average molecular weight is 214 g/mol. The smallest absolute Gasteiger partial charge is 0.158 e. The van der Waals surface area contributed by atoms with Crippen LogP contribution in [0.4, 0.5) is 0 Å². The molecule has 1 unspecified atom stereocenters. The molecule has 1 rings (SSSR count). The van der Waals surface area contributed by atoms with Crippen LogP contribution in [0.25, 0.3) is 0 Å². The molecule has 1 saturated heterocycles. The van der Waals surface area contributed by atoms with Gasteiger partial charge in [-0.3, -0.25) is 0 Å². The Morgan fingerprint density at radius 2 is 2.27 bits per heavy atom. The van der Waals surface area contributed by atoms with Gasteiger partial charge in [-0.05, 0) is 19.3 Å². The van der Waals surface area contributed by atoms with Crippen molar-refractivity contribution in [1.29, 1.82) is 0 Å². The summed E-state index contributed by atoms with van der Waals surface area (Å²) in [5.41, 5.74) is 0. The second-order valence-corrected chi connectivity index (χ2v) is 3.50. The van der Waals surface area contributed by atoms with E-state index in [-0.39, 0.29) is 19.3 Å². The van der Waals surface area contributed by atoms with E-state index in [1.54, 1.807) is 0 Å². The van der Waals surface area contributed by atoms with E-state index in [2.05, 4.69) is 11.8 Å². The van der Waals surface area contributed by atoms with E-state index < -0.39 is 6.10 Å². The fraction of sp³-hybridized carbons (Fsp3) is 0.818. The fourth-order valence-corrected chi connectivity index (χ4v) is 1.28. The molecule has 0 amide bonds. The number of ether oxygens (including phenoxy) is 2. The Kier molecular flexibility index (Phi) is 6.37. The van der Waals surface area contributed by atoms with Gasteiger partial charge in [0.1, 0.15) is 6.61 Å². The Hall–Kier alpha value is -0.600. The second kappa shape index (κ2) is 7.66. The molecule has 86 valence electrons. The first kappa shape index (κ1) is 12.5. The Balaban J connectivity index is 2.04. The molecule has 0 spiro atoms. The first-order valence-corrected chi connectivity index (χ1v) is 5.31. The first-order chi connectivity index (χ1) is 7.33. The molecule has 2 atom stereocenters. The molecule has 2 N–H and O–H groups in total. The predicted molar refractivity (Wildman–Crippen MR) is 55.0 cm³/mol. The van der Waals surface area contributed by atoms with Crippen LogP contribution in [0, 0.1) is 11.8 Å². The standard InChI is InChI=1S/C11H18O4/c12-9-10(13)5-1-3-7-14-11-6-2-4-8-15-11/h10-13H,2,4-9H2/t10-,11?/m1/s1. The van der Waals surface area contributed by atoms with Crippen molar-refractivity contribution in [3.8, 4) is 11.8 Å². The van der Waals surface area contributed by atoms with Gasteiger partial charge in [-0.15, -0.1) is 0 Å². The molecule has 0 radical (unpaired) electrons. The third-order valence-electron chi connectivity index (χ3n) is 2.15. The molecule has 4 heteroatoms. The molecule has 0 aromatic carbocycles. The lowest BCUT2D eigenvalue weighted by Crippen LogP contribution is -2.22. The Morgan fingerprint density at radius 1 is 1.40 bits per heavy atom. The highest BCUT2D eigenvalue weighted by Gasteiger charge is 2.12. The highest BCUT2D eigenvalue weighted by atomic mass is 16.7. The number of aliphatic hydroxyl groups excluding tert-OH is 2. The highest BCUT2D eigenvalue weighted by molar-refractivity contribution is 5.00. The molecule has 0 saturated carbocycles. The van der Waals surface area contributed by atoms with Crippen molar-refractivity contribution in [2.75, 3.05) is 19.8 Å². The van der Waals surface area contributed by atoms with Gasteiger partial charge >= 0.3 is 0 Å².